The van der Waals surface area contributed by atoms with E-state index in [1.807, 2.05) is 13.8 Å². The molecule has 0 radical (unpaired) electrons. The number of H-pyrrole nitrogens is 2. The molecule has 0 aromatic carbocycles. The molecule has 3 rings (SSSR count). The highest BCUT2D eigenvalue weighted by Crippen LogP contribution is 2.23. The van der Waals surface area contributed by atoms with E-state index >= 15 is 0 Å². The summed E-state index contributed by atoms with van der Waals surface area (Å²) in [5.41, 5.74) is 2.98. The van der Waals surface area contributed by atoms with Crippen molar-refractivity contribution in [2.45, 2.75) is 33.2 Å². The number of ether oxygens (including phenoxy) is 1. The van der Waals surface area contributed by atoms with E-state index in [1.54, 1.807) is 11.8 Å². The Labute approximate surface area is 139 Å². The lowest BCUT2D eigenvalue weighted by Gasteiger charge is -2.35. The smallest absolute Gasteiger partial charge is 0.251 e. The number of nitrogens with one attached hydrogen (secondary N) is 2. The lowest BCUT2D eigenvalue weighted by atomic mass is 10.1. The first kappa shape index (κ1) is 16.4. The Kier molecular flexibility index (Phi) is 4.48. The molecule has 0 aliphatic carbocycles. The Bertz CT molecular complexity index is 791. The number of amides is 1. The third kappa shape index (κ3) is 3.23. The topological polar surface area (TPSA) is 104 Å². The number of carbonyl (C=O) groups is 1. The number of aromatic nitrogens is 4. The average molecular weight is 331 g/mol. The van der Waals surface area contributed by atoms with Crippen molar-refractivity contribution in [3.63, 3.8) is 0 Å². The van der Waals surface area contributed by atoms with Crippen LogP contribution in [-0.4, -0.2) is 50.7 Å². The quantitative estimate of drug-likeness (QED) is 0.855. The SMILES string of the molecule is Cc1nc(C2COCCN2C(=O)Cc2c(C)n[nH]c2C)cc(=O)[nH]1. The van der Waals surface area contributed by atoms with Gasteiger partial charge in [0.2, 0.25) is 5.91 Å². The van der Waals surface area contributed by atoms with Crippen molar-refractivity contribution in [1.29, 1.82) is 0 Å². The van der Waals surface area contributed by atoms with Crippen LogP contribution in [0.3, 0.4) is 0 Å². The highest BCUT2D eigenvalue weighted by molar-refractivity contribution is 5.79. The van der Waals surface area contributed by atoms with E-state index in [1.165, 1.54) is 6.07 Å². The molecule has 1 unspecified atom stereocenters. The zero-order valence-electron chi connectivity index (χ0n) is 14.0. The predicted octanol–water partition coefficient (Wildman–Crippen LogP) is 0.561. The van der Waals surface area contributed by atoms with Crippen LogP contribution in [0.15, 0.2) is 10.9 Å². The Balaban J connectivity index is 1.86. The van der Waals surface area contributed by atoms with Gasteiger partial charge in [0.15, 0.2) is 0 Å². The molecule has 2 aromatic rings. The number of aryl methyl sites for hydroxylation is 3. The predicted molar refractivity (Wildman–Crippen MR) is 86.6 cm³/mol. The first-order valence-electron chi connectivity index (χ1n) is 7.91. The molecule has 3 heterocycles. The summed E-state index contributed by atoms with van der Waals surface area (Å²) >= 11 is 0. The van der Waals surface area contributed by atoms with Crippen LogP contribution in [0.5, 0.6) is 0 Å². The van der Waals surface area contributed by atoms with E-state index in [9.17, 15) is 9.59 Å². The van der Waals surface area contributed by atoms with Gasteiger partial charge in [0.05, 0.1) is 37.1 Å². The maximum Gasteiger partial charge on any atom is 0.251 e. The summed E-state index contributed by atoms with van der Waals surface area (Å²) in [6.07, 6.45) is 0.271. The maximum absolute atomic E-state index is 12.8. The monoisotopic (exact) mass is 331 g/mol. The highest BCUT2D eigenvalue weighted by Gasteiger charge is 2.30. The third-order valence-corrected chi connectivity index (χ3v) is 4.28. The van der Waals surface area contributed by atoms with E-state index in [2.05, 4.69) is 20.2 Å². The first-order valence-corrected chi connectivity index (χ1v) is 7.91. The molecule has 0 bridgehead atoms. The van der Waals surface area contributed by atoms with Crippen molar-refractivity contribution in [3.05, 3.63) is 44.9 Å². The molecule has 1 amide bonds. The van der Waals surface area contributed by atoms with E-state index in [4.69, 9.17) is 4.74 Å². The van der Waals surface area contributed by atoms with Crippen molar-refractivity contribution < 1.29 is 9.53 Å². The van der Waals surface area contributed by atoms with E-state index in [-0.39, 0.29) is 23.9 Å². The standard InChI is InChI=1S/C16H21N5O3/c1-9-12(10(2)20-19-9)6-16(23)21-4-5-24-8-14(21)13-7-15(22)18-11(3)17-13/h7,14H,4-6,8H2,1-3H3,(H,19,20)(H,17,18,22). The van der Waals surface area contributed by atoms with Crippen LogP contribution >= 0.6 is 0 Å². The third-order valence-electron chi connectivity index (χ3n) is 4.28. The lowest BCUT2D eigenvalue weighted by Crippen LogP contribution is -2.44. The number of nitrogens with zero attached hydrogens (tertiary/aromatic N) is 3. The second kappa shape index (κ2) is 6.56. The second-order valence-corrected chi connectivity index (χ2v) is 6.02. The minimum atomic E-state index is -0.347. The largest absolute Gasteiger partial charge is 0.377 e. The highest BCUT2D eigenvalue weighted by atomic mass is 16.5. The van der Waals surface area contributed by atoms with Gasteiger partial charge in [0, 0.05) is 23.9 Å². The average Bonchev–Trinajstić information content (AvgIpc) is 2.86. The summed E-state index contributed by atoms with van der Waals surface area (Å²) in [5, 5.41) is 7.04. The van der Waals surface area contributed by atoms with Gasteiger partial charge in [-0.25, -0.2) is 4.98 Å². The molecule has 2 N–H and O–H groups in total. The van der Waals surface area contributed by atoms with Crippen LogP contribution in [0.25, 0.3) is 0 Å². The van der Waals surface area contributed by atoms with Crippen molar-refractivity contribution in [3.8, 4) is 0 Å². The molecule has 24 heavy (non-hydrogen) atoms. The molecule has 8 nitrogen and oxygen atoms in total. The summed E-state index contributed by atoms with van der Waals surface area (Å²) in [6, 6.07) is 1.08. The van der Waals surface area contributed by atoms with Crippen molar-refractivity contribution in [2.24, 2.45) is 0 Å². The fraction of sp³-hybridized carbons (Fsp3) is 0.500. The Morgan fingerprint density at radius 3 is 2.88 bits per heavy atom. The zero-order chi connectivity index (χ0) is 17.3. The van der Waals surface area contributed by atoms with Gasteiger partial charge >= 0.3 is 0 Å². The number of hydrogen-bond donors (Lipinski definition) is 2. The van der Waals surface area contributed by atoms with Gasteiger partial charge in [-0.2, -0.15) is 5.10 Å². The summed E-state index contributed by atoms with van der Waals surface area (Å²) in [5.74, 6) is 0.507. The Hall–Kier alpha value is -2.48. The number of morpholine rings is 1. The van der Waals surface area contributed by atoms with Gasteiger partial charge in [-0.15, -0.1) is 0 Å². The number of hydrogen-bond acceptors (Lipinski definition) is 5. The summed E-state index contributed by atoms with van der Waals surface area (Å²) in [6.45, 7) is 6.80. The van der Waals surface area contributed by atoms with Crippen LogP contribution < -0.4 is 5.56 Å². The molecule has 0 spiro atoms. The normalized spacial score (nSPS) is 18.0. The van der Waals surface area contributed by atoms with Crippen molar-refractivity contribution in [2.75, 3.05) is 19.8 Å². The molecule has 1 fully saturated rings. The van der Waals surface area contributed by atoms with Gasteiger partial charge in [0.1, 0.15) is 5.82 Å². The summed E-state index contributed by atoms with van der Waals surface area (Å²) < 4.78 is 5.51. The number of carbonyl (C=O) groups excluding carboxylic acids is 1. The van der Waals surface area contributed by atoms with Crippen molar-refractivity contribution in [1.82, 2.24) is 25.1 Å². The Morgan fingerprint density at radius 1 is 1.42 bits per heavy atom. The first-order chi connectivity index (χ1) is 11.5. The van der Waals surface area contributed by atoms with Crippen LogP contribution in [0, 0.1) is 20.8 Å². The van der Waals surface area contributed by atoms with Gasteiger partial charge in [-0.05, 0) is 20.8 Å². The van der Waals surface area contributed by atoms with Crippen LogP contribution in [0.1, 0.15) is 34.5 Å². The van der Waals surface area contributed by atoms with Crippen LogP contribution in [0.2, 0.25) is 0 Å². The molecule has 1 aliphatic rings. The maximum atomic E-state index is 12.8. The Morgan fingerprint density at radius 2 is 2.21 bits per heavy atom. The van der Waals surface area contributed by atoms with Gasteiger partial charge < -0.3 is 14.6 Å². The second-order valence-electron chi connectivity index (χ2n) is 6.02. The van der Waals surface area contributed by atoms with Gasteiger partial charge in [-0.1, -0.05) is 0 Å². The van der Waals surface area contributed by atoms with Crippen LogP contribution in [0.4, 0.5) is 0 Å². The molecule has 1 atom stereocenters. The molecular weight excluding hydrogens is 310 g/mol. The molecule has 1 saturated heterocycles. The van der Waals surface area contributed by atoms with E-state index < -0.39 is 0 Å². The fourth-order valence-electron chi connectivity index (χ4n) is 3.01. The molecular formula is C16H21N5O3. The minimum absolute atomic E-state index is 0.0179. The summed E-state index contributed by atoms with van der Waals surface area (Å²) in [7, 11) is 0. The molecule has 2 aromatic heterocycles. The van der Waals surface area contributed by atoms with E-state index in [0.29, 0.717) is 31.3 Å². The summed E-state index contributed by atoms with van der Waals surface area (Å²) in [4.78, 5) is 33.3. The van der Waals surface area contributed by atoms with E-state index in [0.717, 1.165) is 17.0 Å². The fourth-order valence-corrected chi connectivity index (χ4v) is 3.01. The zero-order valence-corrected chi connectivity index (χ0v) is 14.0. The van der Waals surface area contributed by atoms with Gasteiger partial charge in [-0.3, -0.25) is 14.7 Å². The molecule has 128 valence electrons. The van der Waals surface area contributed by atoms with Crippen molar-refractivity contribution >= 4 is 5.91 Å². The lowest BCUT2D eigenvalue weighted by molar-refractivity contribution is -0.139. The van der Waals surface area contributed by atoms with Crippen LogP contribution in [-0.2, 0) is 16.0 Å². The molecule has 0 saturated carbocycles. The number of aromatic amines is 2. The minimum Gasteiger partial charge on any atom is -0.377 e. The van der Waals surface area contributed by atoms with Gasteiger partial charge in [0.25, 0.3) is 5.56 Å². The molecule has 8 heteroatoms. The number of rotatable bonds is 3. The molecule has 1 aliphatic heterocycles.